The number of fused-ring (bicyclic) bond motifs is 5. The lowest BCUT2D eigenvalue weighted by molar-refractivity contribution is -0.205. The monoisotopic (exact) mass is 606 g/mol. The number of esters is 1. The number of hydrogen-bond donors (Lipinski definition) is 2. The molecule has 4 fully saturated rings. The molecule has 43 heavy (non-hydrogen) atoms. The lowest BCUT2D eigenvalue weighted by atomic mass is 9.42. The Morgan fingerprint density at radius 2 is 1.70 bits per heavy atom. The van der Waals surface area contributed by atoms with Gasteiger partial charge in [0.1, 0.15) is 6.10 Å². The number of alkyl halides is 3. The average molecular weight is 607 g/mol. The van der Waals surface area contributed by atoms with Gasteiger partial charge in [0.15, 0.2) is 0 Å². The first kappa shape index (κ1) is 32.3. The van der Waals surface area contributed by atoms with Crippen molar-refractivity contribution in [2.45, 2.75) is 123 Å². The van der Waals surface area contributed by atoms with E-state index in [0.29, 0.717) is 61.3 Å². The number of aliphatic carboxylic acids is 1. The summed E-state index contributed by atoms with van der Waals surface area (Å²) in [6, 6.07) is 4.97. The SMILES string of the molecule is CCC(=O)O[C@@H]1C[C@@H]2C[C@](O)(c3ccc(C(F)(F)F)cc3)CC[C@]2(C)[C@H]2CC[C@]3(C)[C@@H]([C@H](C)CCCC(=O)O)CC[C@H]3[C@H]12. The average Bonchev–Trinajstić information content (AvgIpc) is 3.30. The molecule has 240 valence electrons. The highest BCUT2D eigenvalue weighted by Gasteiger charge is 2.64. The largest absolute Gasteiger partial charge is 0.481 e. The summed E-state index contributed by atoms with van der Waals surface area (Å²) in [7, 11) is 0. The van der Waals surface area contributed by atoms with Crippen molar-refractivity contribution < 1.29 is 37.7 Å². The summed E-state index contributed by atoms with van der Waals surface area (Å²) in [6.07, 6.45) is 4.15. The fourth-order valence-corrected chi connectivity index (χ4v) is 10.5. The summed E-state index contributed by atoms with van der Waals surface area (Å²) in [5, 5.41) is 21.0. The quantitative estimate of drug-likeness (QED) is 0.291. The maximum absolute atomic E-state index is 13.2. The van der Waals surface area contributed by atoms with E-state index in [1.54, 1.807) is 0 Å². The van der Waals surface area contributed by atoms with Gasteiger partial charge in [0.25, 0.3) is 0 Å². The maximum atomic E-state index is 13.2. The Balaban J connectivity index is 1.40. The number of carbonyl (C=O) groups is 2. The van der Waals surface area contributed by atoms with Gasteiger partial charge < -0.3 is 14.9 Å². The van der Waals surface area contributed by atoms with Crippen molar-refractivity contribution in [1.29, 1.82) is 0 Å². The van der Waals surface area contributed by atoms with Crippen molar-refractivity contribution in [3.63, 3.8) is 0 Å². The first-order valence-electron chi connectivity index (χ1n) is 16.4. The Morgan fingerprint density at radius 1 is 1.02 bits per heavy atom. The number of carbonyl (C=O) groups excluding carboxylic acids is 1. The minimum absolute atomic E-state index is 0.0511. The Morgan fingerprint density at radius 3 is 2.33 bits per heavy atom. The molecule has 4 aliphatic carbocycles. The summed E-state index contributed by atoms with van der Waals surface area (Å²) in [5.41, 5.74) is -1.35. The fourth-order valence-electron chi connectivity index (χ4n) is 10.5. The van der Waals surface area contributed by atoms with Crippen molar-refractivity contribution in [3.05, 3.63) is 35.4 Å². The normalized spacial score (nSPS) is 39.7. The number of halogens is 3. The molecule has 5 rings (SSSR count). The third-order valence-corrected chi connectivity index (χ3v) is 12.9. The topological polar surface area (TPSA) is 83.8 Å². The van der Waals surface area contributed by atoms with E-state index in [2.05, 4.69) is 20.8 Å². The first-order chi connectivity index (χ1) is 20.1. The zero-order valence-corrected chi connectivity index (χ0v) is 26.1. The first-order valence-corrected chi connectivity index (χ1v) is 16.4. The van der Waals surface area contributed by atoms with Crippen LogP contribution in [0.3, 0.4) is 0 Å². The van der Waals surface area contributed by atoms with Gasteiger partial charge >= 0.3 is 18.1 Å². The minimum Gasteiger partial charge on any atom is -0.481 e. The minimum atomic E-state index is -4.42. The van der Waals surface area contributed by atoms with Crippen molar-refractivity contribution >= 4 is 11.9 Å². The molecular weight excluding hydrogens is 557 g/mol. The second kappa shape index (κ2) is 11.7. The van der Waals surface area contributed by atoms with Gasteiger partial charge in [0.05, 0.1) is 11.2 Å². The Hall–Kier alpha value is -2.09. The van der Waals surface area contributed by atoms with Gasteiger partial charge in [-0.1, -0.05) is 39.8 Å². The Kier molecular flexibility index (Phi) is 8.78. The highest BCUT2D eigenvalue weighted by molar-refractivity contribution is 5.69. The lowest BCUT2D eigenvalue weighted by Gasteiger charge is -2.63. The van der Waals surface area contributed by atoms with Gasteiger partial charge in [-0.15, -0.1) is 0 Å². The third kappa shape index (κ3) is 5.86. The highest BCUT2D eigenvalue weighted by atomic mass is 19.4. The molecular formula is C35H49F3O5. The molecule has 0 radical (unpaired) electrons. The van der Waals surface area contributed by atoms with Crippen LogP contribution in [0.4, 0.5) is 13.2 Å². The summed E-state index contributed by atoms with van der Waals surface area (Å²) in [5.74, 6) is 1.08. The van der Waals surface area contributed by atoms with Gasteiger partial charge in [-0.05, 0) is 122 Å². The molecule has 0 spiro atoms. The molecule has 4 aliphatic rings. The van der Waals surface area contributed by atoms with Gasteiger partial charge in [0.2, 0.25) is 0 Å². The van der Waals surface area contributed by atoms with Crippen LogP contribution in [0.15, 0.2) is 24.3 Å². The molecule has 10 atom stereocenters. The van der Waals surface area contributed by atoms with Crippen LogP contribution >= 0.6 is 0 Å². The van der Waals surface area contributed by atoms with E-state index in [-0.39, 0.29) is 41.2 Å². The zero-order chi connectivity index (χ0) is 31.4. The summed E-state index contributed by atoms with van der Waals surface area (Å²) in [4.78, 5) is 23.9. The second-order valence-electron chi connectivity index (χ2n) is 14.9. The molecule has 0 saturated heterocycles. The van der Waals surface area contributed by atoms with Crippen LogP contribution in [0, 0.1) is 46.3 Å². The second-order valence-corrected chi connectivity index (χ2v) is 14.9. The van der Waals surface area contributed by atoms with Crippen molar-refractivity contribution in [3.8, 4) is 0 Å². The van der Waals surface area contributed by atoms with E-state index in [0.717, 1.165) is 50.7 Å². The maximum Gasteiger partial charge on any atom is 0.416 e. The van der Waals surface area contributed by atoms with Gasteiger partial charge in [-0.3, -0.25) is 9.59 Å². The smallest absolute Gasteiger partial charge is 0.416 e. The molecule has 2 N–H and O–H groups in total. The Labute approximate surface area is 254 Å². The van der Waals surface area contributed by atoms with Crippen LogP contribution in [0.1, 0.15) is 116 Å². The number of rotatable bonds is 8. The number of ether oxygens (including phenoxy) is 1. The fraction of sp³-hybridized carbons (Fsp3) is 0.771. The highest BCUT2D eigenvalue weighted by Crippen LogP contribution is 2.69. The van der Waals surface area contributed by atoms with Crippen molar-refractivity contribution in [2.75, 3.05) is 0 Å². The van der Waals surface area contributed by atoms with Crippen LogP contribution in [0.5, 0.6) is 0 Å². The van der Waals surface area contributed by atoms with Gasteiger partial charge in [0, 0.05) is 18.8 Å². The number of carboxylic acids is 1. The molecule has 4 saturated carbocycles. The van der Waals surface area contributed by atoms with E-state index >= 15 is 0 Å². The van der Waals surface area contributed by atoms with E-state index in [1.807, 2.05) is 6.92 Å². The number of aliphatic hydroxyl groups is 1. The Bertz CT molecular complexity index is 1180. The number of carboxylic acid groups (broad SMARTS) is 1. The molecule has 0 aromatic heterocycles. The number of hydrogen-bond acceptors (Lipinski definition) is 4. The van der Waals surface area contributed by atoms with Crippen LogP contribution in [-0.2, 0) is 26.1 Å². The number of benzene rings is 1. The van der Waals surface area contributed by atoms with Gasteiger partial charge in [-0.25, -0.2) is 0 Å². The summed E-state index contributed by atoms with van der Waals surface area (Å²) in [6.45, 7) is 8.87. The molecule has 1 aromatic rings. The molecule has 0 aliphatic heterocycles. The van der Waals surface area contributed by atoms with E-state index in [1.165, 1.54) is 12.1 Å². The molecule has 8 heteroatoms. The summed E-state index contributed by atoms with van der Waals surface area (Å²) >= 11 is 0. The molecule has 1 aromatic carbocycles. The molecule has 5 nitrogen and oxygen atoms in total. The van der Waals surface area contributed by atoms with E-state index < -0.39 is 23.3 Å². The summed E-state index contributed by atoms with van der Waals surface area (Å²) < 4.78 is 45.9. The molecule has 0 unspecified atom stereocenters. The van der Waals surface area contributed by atoms with Crippen LogP contribution < -0.4 is 0 Å². The van der Waals surface area contributed by atoms with Crippen molar-refractivity contribution in [1.82, 2.24) is 0 Å². The van der Waals surface area contributed by atoms with Gasteiger partial charge in [-0.2, -0.15) is 13.2 Å². The predicted octanol–water partition coefficient (Wildman–Crippen LogP) is 8.37. The van der Waals surface area contributed by atoms with E-state index in [9.17, 15) is 27.9 Å². The third-order valence-electron chi connectivity index (χ3n) is 12.9. The van der Waals surface area contributed by atoms with E-state index in [4.69, 9.17) is 9.84 Å². The molecule has 0 amide bonds. The van der Waals surface area contributed by atoms with Crippen LogP contribution in [-0.4, -0.2) is 28.3 Å². The van der Waals surface area contributed by atoms with Crippen LogP contribution in [0.25, 0.3) is 0 Å². The van der Waals surface area contributed by atoms with Crippen molar-refractivity contribution in [2.24, 2.45) is 46.3 Å². The lowest BCUT2D eigenvalue weighted by Crippen LogP contribution is -2.60. The molecule has 0 heterocycles. The predicted molar refractivity (Wildman–Crippen MR) is 157 cm³/mol. The zero-order valence-electron chi connectivity index (χ0n) is 26.1. The molecule has 0 bridgehead atoms. The van der Waals surface area contributed by atoms with Crippen LogP contribution in [0.2, 0.25) is 0 Å². The standard InChI is InChI=1S/C35H49F3O5/c1-5-30(41)43-28-19-24-20-34(42,22-9-11-23(12-10-22)35(36,37)38)18-17-32(24,3)27-15-16-33(4)25(13-14-26(33)31(27)28)21(2)7-6-8-29(39)40/h9-12,21,24-28,31,42H,5-8,13-20H2,1-4H3,(H,39,40)/t21-,24-,25-,26+,27+,28-,31+,32+,33-,34+/m1/s1.